The number of likely N-dealkylation sites (tertiary alicyclic amines) is 1. The molecular formula is C20H27NO5. The summed E-state index contributed by atoms with van der Waals surface area (Å²) in [5, 5.41) is 0. The fourth-order valence-corrected chi connectivity index (χ4v) is 3.25. The van der Waals surface area contributed by atoms with Crippen molar-refractivity contribution in [2.75, 3.05) is 13.2 Å². The summed E-state index contributed by atoms with van der Waals surface area (Å²) >= 11 is 0. The van der Waals surface area contributed by atoms with Crippen LogP contribution in [-0.2, 0) is 14.3 Å². The molecule has 0 bridgehead atoms. The Balaban J connectivity index is 1.76. The van der Waals surface area contributed by atoms with Gasteiger partial charge in [0.05, 0.1) is 0 Å². The van der Waals surface area contributed by atoms with Crippen LogP contribution in [0.4, 0.5) is 0 Å². The van der Waals surface area contributed by atoms with Crippen LogP contribution in [0.15, 0.2) is 24.3 Å². The van der Waals surface area contributed by atoms with Gasteiger partial charge in [0.25, 0.3) is 5.91 Å². The molecule has 1 fully saturated rings. The lowest BCUT2D eigenvalue weighted by Crippen LogP contribution is -2.49. The van der Waals surface area contributed by atoms with Crippen LogP contribution in [0.1, 0.15) is 56.8 Å². The van der Waals surface area contributed by atoms with E-state index in [-0.39, 0.29) is 37.0 Å². The van der Waals surface area contributed by atoms with Gasteiger partial charge in [-0.15, -0.1) is 0 Å². The number of ketones is 1. The van der Waals surface area contributed by atoms with Crippen LogP contribution in [0, 0.1) is 0 Å². The quantitative estimate of drug-likeness (QED) is 0.551. The molecule has 0 saturated carbocycles. The zero-order chi connectivity index (χ0) is 19.1. The first-order chi connectivity index (χ1) is 12.4. The molecule has 2 unspecified atom stereocenters. The van der Waals surface area contributed by atoms with Crippen molar-refractivity contribution in [3.63, 3.8) is 0 Å². The highest BCUT2D eigenvalue weighted by Crippen LogP contribution is 2.22. The Morgan fingerprint density at radius 2 is 1.65 bits per heavy atom. The van der Waals surface area contributed by atoms with Gasteiger partial charge in [0.2, 0.25) is 0 Å². The predicted octanol–water partition coefficient (Wildman–Crippen LogP) is 2.99. The summed E-state index contributed by atoms with van der Waals surface area (Å²) in [4.78, 5) is 37.5. The molecule has 142 valence electrons. The Hall–Kier alpha value is -2.37. The zero-order valence-electron chi connectivity index (χ0n) is 15.7. The fourth-order valence-electron chi connectivity index (χ4n) is 3.25. The molecule has 1 aromatic rings. The third kappa shape index (κ3) is 5.31. The maximum absolute atomic E-state index is 12.3. The first-order valence-electron chi connectivity index (χ1n) is 9.15. The monoisotopic (exact) mass is 361 g/mol. The average Bonchev–Trinajstić information content (AvgIpc) is 2.64. The van der Waals surface area contributed by atoms with Crippen LogP contribution < -0.4 is 4.74 Å². The highest BCUT2D eigenvalue weighted by Gasteiger charge is 2.29. The van der Waals surface area contributed by atoms with Crippen molar-refractivity contribution >= 4 is 17.7 Å². The smallest absolute Gasteiger partial charge is 0.344 e. The molecular weight excluding hydrogens is 334 g/mol. The van der Waals surface area contributed by atoms with Gasteiger partial charge in [0.1, 0.15) is 5.75 Å². The number of piperidine rings is 1. The molecule has 0 spiro atoms. The van der Waals surface area contributed by atoms with Gasteiger partial charge in [-0.1, -0.05) is 6.92 Å². The van der Waals surface area contributed by atoms with Gasteiger partial charge in [-0.2, -0.15) is 0 Å². The molecule has 2 rings (SSSR count). The van der Waals surface area contributed by atoms with Crippen molar-refractivity contribution in [2.45, 2.75) is 58.5 Å². The largest absolute Gasteiger partial charge is 0.482 e. The molecule has 6 heteroatoms. The SMILES string of the molecule is CCC(=O)c1ccc(OCC(=O)OCC(=O)N2C(C)CCCC2C)cc1. The normalized spacial score (nSPS) is 19.7. The van der Waals surface area contributed by atoms with E-state index in [9.17, 15) is 14.4 Å². The Morgan fingerprint density at radius 3 is 2.23 bits per heavy atom. The van der Waals surface area contributed by atoms with Crippen LogP contribution in [-0.4, -0.2) is 47.9 Å². The van der Waals surface area contributed by atoms with Crippen molar-refractivity contribution in [3.05, 3.63) is 29.8 Å². The molecule has 2 atom stereocenters. The van der Waals surface area contributed by atoms with Gasteiger partial charge in [0, 0.05) is 24.1 Å². The second-order valence-corrected chi connectivity index (χ2v) is 6.68. The molecule has 0 N–H and O–H groups in total. The first kappa shape index (κ1) is 19.9. The average molecular weight is 361 g/mol. The first-order valence-corrected chi connectivity index (χ1v) is 9.15. The number of carbonyl (C=O) groups is 3. The lowest BCUT2D eigenvalue weighted by Gasteiger charge is -2.38. The van der Waals surface area contributed by atoms with Crippen molar-refractivity contribution in [2.24, 2.45) is 0 Å². The molecule has 1 aromatic carbocycles. The minimum absolute atomic E-state index is 0.0515. The van der Waals surface area contributed by atoms with Gasteiger partial charge in [-0.3, -0.25) is 9.59 Å². The molecule has 6 nitrogen and oxygen atoms in total. The van der Waals surface area contributed by atoms with Gasteiger partial charge >= 0.3 is 5.97 Å². The highest BCUT2D eigenvalue weighted by molar-refractivity contribution is 5.95. The topological polar surface area (TPSA) is 72.9 Å². The van der Waals surface area contributed by atoms with Gasteiger partial charge in [-0.05, 0) is 57.4 Å². The van der Waals surface area contributed by atoms with E-state index >= 15 is 0 Å². The van der Waals surface area contributed by atoms with Crippen LogP contribution in [0.25, 0.3) is 0 Å². The van der Waals surface area contributed by atoms with E-state index in [2.05, 4.69) is 0 Å². The number of hydrogen-bond acceptors (Lipinski definition) is 5. The van der Waals surface area contributed by atoms with Crippen LogP contribution >= 0.6 is 0 Å². The third-order valence-corrected chi connectivity index (χ3v) is 4.69. The molecule has 1 heterocycles. The maximum atomic E-state index is 12.3. The number of nitrogens with zero attached hydrogens (tertiary/aromatic N) is 1. The van der Waals surface area contributed by atoms with E-state index in [1.165, 1.54) is 0 Å². The van der Waals surface area contributed by atoms with Crippen molar-refractivity contribution in [3.8, 4) is 5.75 Å². The standard InChI is InChI=1S/C20H27NO5/c1-4-18(22)16-8-10-17(11-9-16)25-13-20(24)26-12-19(23)21-14(2)6-5-7-15(21)3/h8-11,14-15H,4-7,12-13H2,1-3H3. The number of rotatable bonds is 7. The molecule has 1 amide bonds. The second-order valence-electron chi connectivity index (χ2n) is 6.68. The van der Waals surface area contributed by atoms with Crippen LogP contribution in [0.5, 0.6) is 5.75 Å². The second kappa shape index (κ2) is 9.36. The Bertz CT molecular complexity index is 630. The molecule has 1 saturated heterocycles. The van der Waals surface area contributed by atoms with Crippen LogP contribution in [0.2, 0.25) is 0 Å². The minimum atomic E-state index is -0.593. The van der Waals surface area contributed by atoms with E-state index in [1.807, 2.05) is 13.8 Å². The maximum Gasteiger partial charge on any atom is 0.344 e. The van der Waals surface area contributed by atoms with E-state index in [0.717, 1.165) is 19.3 Å². The zero-order valence-corrected chi connectivity index (χ0v) is 15.7. The fraction of sp³-hybridized carbons (Fsp3) is 0.550. The number of esters is 1. The van der Waals surface area contributed by atoms with Gasteiger partial charge in [-0.25, -0.2) is 4.79 Å². The molecule has 26 heavy (non-hydrogen) atoms. The summed E-state index contributed by atoms with van der Waals surface area (Å²) in [5.74, 6) is -0.236. The summed E-state index contributed by atoms with van der Waals surface area (Å²) in [6, 6.07) is 6.94. The lowest BCUT2D eigenvalue weighted by molar-refractivity contribution is -0.156. The Morgan fingerprint density at radius 1 is 1.04 bits per heavy atom. The van der Waals surface area contributed by atoms with E-state index in [4.69, 9.17) is 9.47 Å². The highest BCUT2D eigenvalue weighted by atomic mass is 16.6. The summed E-state index contributed by atoms with van der Waals surface area (Å²) in [6.45, 7) is 5.30. The van der Waals surface area contributed by atoms with Crippen molar-refractivity contribution in [1.29, 1.82) is 0 Å². The number of benzene rings is 1. The molecule has 0 radical (unpaired) electrons. The predicted molar refractivity (Wildman–Crippen MR) is 97.1 cm³/mol. The lowest BCUT2D eigenvalue weighted by atomic mass is 9.97. The van der Waals surface area contributed by atoms with Crippen molar-refractivity contribution < 1.29 is 23.9 Å². The number of hydrogen-bond donors (Lipinski definition) is 0. The molecule has 0 aromatic heterocycles. The summed E-state index contributed by atoms with van der Waals surface area (Å²) < 4.78 is 10.4. The van der Waals surface area contributed by atoms with Crippen LogP contribution in [0.3, 0.4) is 0 Å². The Labute approximate surface area is 154 Å². The summed E-state index contributed by atoms with van der Waals surface area (Å²) in [5.41, 5.74) is 0.609. The third-order valence-electron chi connectivity index (χ3n) is 4.69. The van der Waals surface area contributed by atoms with Gasteiger partial charge in [0.15, 0.2) is 19.0 Å². The number of ether oxygens (including phenoxy) is 2. The molecule has 1 aliphatic heterocycles. The minimum Gasteiger partial charge on any atom is -0.482 e. The summed E-state index contributed by atoms with van der Waals surface area (Å²) in [7, 11) is 0. The molecule has 1 aliphatic rings. The number of carbonyl (C=O) groups excluding carboxylic acids is 3. The van der Waals surface area contributed by atoms with Gasteiger partial charge < -0.3 is 14.4 Å². The van der Waals surface area contributed by atoms with E-state index in [0.29, 0.717) is 17.7 Å². The van der Waals surface area contributed by atoms with Crippen molar-refractivity contribution in [1.82, 2.24) is 4.90 Å². The van der Waals surface area contributed by atoms with E-state index < -0.39 is 5.97 Å². The summed E-state index contributed by atoms with van der Waals surface area (Å²) in [6.07, 6.45) is 3.50. The van der Waals surface area contributed by atoms with E-state index in [1.54, 1.807) is 36.1 Å². The Kier molecular flexibility index (Phi) is 7.18. The molecule has 0 aliphatic carbocycles. The number of Topliss-reactive ketones (excluding diaryl/α,β-unsaturated/α-hetero) is 1. The number of amides is 1.